The van der Waals surface area contributed by atoms with Gasteiger partial charge in [-0.05, 0) is 150 Å². The topological polar surface area (TPSA) is 32.2 Å². The Bertz CT molecular complexity index is 4760. The molecule has 4 nitrogen and oxygen atoms in total. The number of allylic oxidation sites excluding steroid dienone is 2. The monoisotopic (exact) mass is 1020 g/mol. The first-order valence-electron chi connectivity index (χ1n) is 27.3. The Balaban J connectivity index is 0.784. The minimum absolute atomic E-state index is 0.177. The summed E-state index contributed by atoms with van der Waals surface area (Å²) in [7, 11) is 0. The van der Waals surface area contributed by atoms with Crippen LogP contribution in [0.2, 0.25) is 0 Å². The van der Waals surface area contributed by atoms with Crippen molar-refractivity contribution in [3.63, 3.8) is 0 Å². The molecule has 372 valence electrons. The van der Waals surface area contributed by atoms with Gasteiger partial charge in [-0.15, -0.1) is 11.3 Å². The van der Waals surface area contributed by atoms with Gasteiger partial charge < -0.3 is 18.3 Å². The predicted molar refractivity (Wildman–Crippen MR) is 325 cm³/mol. The lowest BCUT2D eigenvalue weighted by atomic mass is 9.74. The van der Waals surface area contributed by atoms with Crippen LogP contribution in [0.1, 0.15) is 64.9 Å². The van der Waals surface area contributed by atoms with E-state index < -0.39 is 0 Å². The van der Waals surface area contributed by atoms with Crippen molar-refractivity contribution >= 4 is 88.1 Å². The van der Waals surface area contributed by atoms with E-state index in [2.05, 4.69) is 259 Å². The number of para-hydroxylation sites is 1. The summed E-state index contributed by atoms with van der Waals surface area (Å²) in [5.74, 6) is 1.91. The number of hydrogen-bond acceptors (Lipinski definition) is 3. The molecule has 2 unspecified atom stereocenters. The lowest BCUT2D eigenvalue weighted by Crippen LogP contribution is -2.26. The van der Waals surface area contributed by atoms with Gasteiger partial charge in [-0.2, -0.15) is 0 Å². The zero-order valence-electron chi connectivity index (χ0n) is 43.1. The van der Waals surface area contributed by atoms with Gasteiger partial charge >= 0.3 is 0 Å². The molecule has 0 spiro atoms. The van der Waals surface area contributed by atoms with E-state index in [0.29, 0.717) is 0 Å². The Labute approximate surface area is 456 Å². The predicted octanol–water partition coefficient (Wildman–Crippen LogP) is 17.8. The smallest absolute Gasteiger partial charge is 0.138 e. The van der Waals surface area contributed by atoms with Crippen LogP contribution in [0.15, 0.2) is 229 Å². The van der Waals surface area contributed by atoms with Gasteiger partial charge in [-0.3, -0.25) is 0 Å². The quantitative estimate of drug-likeness (QED) is 0.152. The van der Waals surface area contributed by atoms with Gasteiger partial charge in [0.1, 0.15) is 22.5 Å². The van der Waals surface area contributed by atoms with Crippen molar-refractivity contribution in [2.24, 2.45) is 0 Å². The molecule has 3 aliphatic rings. The molecule has 9 aromatic carbocycles. The van der Waals surface area contributed by atoms with Crippen LogP contribution in [0.25, 0.3) is 99.3 Å². The molecule has 4 heterocycles. The first kappa shape index (κ1) is 45.1. The van der Waals surface area contributed by atoms with Crippen molar-refractivity contribution in [2.75, 3.05) is 0 Å². The molecule has 0 radical (unpaired) electrons. The highest BCUT2D eigenvalue weighted by Gasteiger charge is 2.32. The van der Waals surface area contributed by atoms with Crippen LogP contribution in [0.5, 0.6) is 11.5 Å². The van der Waals surface area contributed by atoms with Gasteiger partial charge in [0.25, 0.3) is 0 Å². The van der Waals surface area contributed by atoms with Crippen LogP contribution in [-0.4, -0.2) is 9.13 Å². The van der Waals surface area contributed by atoms with Gasteiger partial charge in [-0.25, -0.2) is 0 Å². The SMILES string of the molecule is CC1(c2ccccc2)C=Cc2c(c3cc(Oc4ccc5c(c4)c4c(n5-c5ccc(-c6cccc7c6sc6ccccc67)cc5)C=CC(c5ccccc5)C4)ccc3n2-c2ccc(C3=c4oc5ccccc5c4=CCC3)cc2)C1. The summed E-state index contributed by atoms with van der Waals surface area (Å²) in [6.07, 6.45) is 15.5. The minimum atomic E-state index is -0.177. The number of aromatic nitrogens is 2. The summed E-state index contributed by atoms with van der Waals surface area (Å²) < 4.78 is 21.1. The summed E-state index contributed by atoms with van der Waals surface area (Å²) in [5, 5.41) is 7.46. The molecule has 0 N–H and O–H groups in total. The van der Waals surface area contributed by atoms with Gasteiger partial charge in [0.2, 0.25) is 0 Å². The highest BCUT2D eigenvalue weighted by Crippen LogP contribution is 2.46. The highest BCUT2D eigenvalue weighted by atomic mass is 32.1. The zero-order chi connectivity index (χ0) is 51.5. The van der Waals surface area contributed by atoms with E-state index >= 15 is 0 Å². The van der Waals surface area contributed by atoms with Crippen LogP contribution in [0.4, 0.5) is 0 Å². The molecule has 3 aliphatic carbocycles. The Morgan fingerprint density at radius 2 is 1.21 bits per heavy atom. The number of hydrogen-bond donors (Lipinski definition) is 0. The minimum Gasteiger partial charge on any atom is -0.457 e. The third-order valence-electron chi connectivity index (χ3n) is 17.1. The van der Waals surface area contributed by atoms with E-state index in [1.165, 1.54) is 103 Å². The molecule has 0 amide bonds. The molecule has 5 heteroatoms. The average molecular weight is 1020 g/mol. The van der Waals surface area contributed by atoms with Crippen molar-refractivity contribution in [2.45, 2.75) is 43.9 Å². The van der Waals surface area contributed by atoms with Crippen molar-refractivity contribution in [3.05, 3.63) is 274 Å². The van der Waals surface area contributed by atoms with Crippen LogP contribution < -0.4 is 15.4 Å². The maximum atomic E-state index is 7.04. The second kappa shape index (κ2) is 17.7. The van der Waals surface area contributed by atoms with E-state index in [1.807, 2.05) is 11.3 Å². The summed E-state index contributed by atoms with van der Waals surface area (Å²) in [6.45, 7) is 2.37. The normalized spacial score (nSPS) is 16.7. The molecular formula is C73H52N2O2S. The Hall–Kier alpha value is -9.16. The molecule has 0 bridgehead atoms. The lowest BCUT2D eigenvalue weighted by Gasteiger charge is -2.30. The third kappa shape index (κ3) is 7.18. The summed E-state index contributed by atoms with van der Waals surface area (Å²) in [4.78, 5) is 0. The lowest BCUT2D eigenvalue weighted by molar-refractivity contribution is 0.484. The maximum absolute atomic E-state index is 7.04. The summed E-state index contributed by atoms with van der Waals surface area (Å²) in [5.41, 5.74) is 19.1. The van der Waals surface area contributed by atoms with Crippen LogP contribution in [0.3, 0.4) is 0 Å². The van der Waals surface area contributed by atoms with Crippen molar-refractivity contribution in [1.29, 1.82) is 0 Å². The Morgan fingerprint density at radius 1 is 0.564 bits per heavy atom. The van der Waals surface area contributed by atoms with Crippen LogP contribution in [-0.2, 0) is 18.3 Å². The molecule has 13 aromatic rings. The number of nitrogens with zero attached hydrogens (tertiary/aromatic N) is 2. The van der Waals surface area contributed by atoms with E-state index in [-0.39, 0.29) is 11.3 Å². The molecule has 0 aliphatic heterocycles. The van der Waals surface area contributed by atoms with E-state index in [0.717, 1.165) is 65.1 Å². The molecule has 78 heavy (non-hydrogen) atoms. The number of thiophene rings is 1. The highest BCUT2D eigenvalue weighted by molar-refractivity contribution is 7.26. The van der Waals surface area contributed by atoms with Gasteiger partial charge in [0.15, 0.2) is 0 Å². The Morgan fingerprint density at radius 3 is 1.96 bits per heavy atom. The third-order valence-corrected chi connectivity index (χ3v) is 18.3. The van der Waals surface area contributed by atoms with E-state index in [4.69, 9.17) is 9.15 Å². The molecule has 2 atom stereocenters. The van der Waals surface area contributed by atoms with Gasteiger partial charge in [-0.1, -0.05) is 165 Å². The van der Waals surface area contributed by atoms with Crippen molar-refractivity contribution in [1.82, 2.24) is 9.13 Å². The number of ether oxygens (including phenoxy) is 1. The van der Waals surface area contributed by atoms with E-state index in [9.17, 15) is 0 Å². The molecule has 16 rings (SSSR count). The van der Waals surface area contributed by atoms with Crippen LogP contribution in [0, 0.1) is 0 Å². The number of furan rings is 1. The van der Waals surface area contributed by atoms with E-state index in [1.54, 1.807) is 0 Å². The zero-order valence-corrected chi connectivity index (χ0v) is 43.9. The molecule has 0 fully saturated rings. The fraction of sp³-hybridized carbons (Fsp3) is 0.0959. The molecular weight excluding hydrogens is 969 g/mol. The summed E-state index contributed by atoms with van der Waals surface area (Å²) in [6, 6.07) is 77.4. The average Bonchev–Trinajstić information content (AvgIpc) is 4.46. The molecule has 0 saturated carbocycles. The molecule has 0 saturated heterocycles. The number of fused-ring (bicyclic) bond motifs is 12. The largest absolute Gasteiger partial charge is 0.457 e. The fourth-order valence-electron chi connectivity index (χ4n) is 13.2. The van der Waals surface area contributed by atoms with Crippen molar-refractivity contribution in [3.8, 4) is 34.0 Å². The second-order valence-corrected chi connectivity index (χ2v) is 22.7. The molecule has 4 aromatic heterocycles. The summed E-state index contributed by atoms with van der Waals surface area (Å²) >= 11 is 1.88. The fourth-order valence-corrected chi connectivity index (χ4v) is 14.5. The first-order chi connectivity index (χ1) is 38.5. The second-order valence-electron chi connectivity index (χ2n) is 21.7. The Kier molecular flexibility index (Phi) is 10.2. The maximum Gasteiger partial charge on any atom is 0.138 e. The van der Waals surface area contributed by atoms with Gasteiger partial charge in [0.05, 0.1) is 11.0 Å². The van der Waals surface area contributed by atoms with Crippen LogP contribution >= 0.6 is 11.3 Å². The number of benzene rings is 9. The van der Waals surface area contributed by atoms with Gasteiger partial charge in [0, 0.05) is 81.2 Å². The van der Waals surface area contributed by atoms with Crippen molar-refractivity contribution < 1.29 is 9.15 Å². The first-order valence-corrected chi connectivity index (χ1v) is 28.1. The number of rotatable bonds is 8. The standard InChI is InChI=1S/C73H52N2O2S/c1-73(50-16-6-3-7-17-50)41-40-68-64(45-73)63-44-54(36-39-67(63)75(68)52-31-26-47(27-32-52)55-20-12-22-59-57-18-8-10-24-69(57)77-71(55)59)76-53-35-38-66-62(43-53)61-42-49(46-14-4-2-5-15-46)30-37-65(61)74(66)51-33-28-48(29-34-51)56-21-13-23-60-58-19-9-11-25-70(58)78-72(56)60/h2-11,13-19,21-41,43-44,49H,12,20,42,45H2,1H3.